The Kier molecular flexibility index (Phi) is 9.09. The highest BCUT2D eigenvalue weighted by Crippen LogP contribution is 2.07. The number of aromatic nitrogens is 2. The van der Waals surface area contributed by atoms with Crippen LogP contribution < -0.4 is 16.4 Å². The van der Waals surface area contributed by atoms with E-state index >= 15 is 0 Å². The lowest BCUT2D eigenvalue weighted by Gasteiger charge is -2.23. The van der Waals surface area contributed by atoms with E-state index in [0.717, 1.165) is 0 Å². The van der Waals surface area contributed by atoms with Gasteiger partial charge in [0.15, 0.2) is 0 Å². The molecule has 0 radical (unpaired) electrons. The Morgan fingerprint density at radius 2 is 1.79 bits per heavy atom. The van der Waals surface area contributed by atoms with E-state index < -0.39 is 41.9 Å². The fourth-order valence-corrected chi connectivity index (χ4v) is 2.50. The van der Waals surface area contributed by atoms with Crippen molar-refractivity contribution in [2.45, 2.75) is 57.7 Å². The summed E-state index contributed by atoms with van der Waals surface area (Å²) >= 11 is 0. The highest BCUT2D eigenvalue weighted by molar-refractivity contribution is 5.92. The maximum atomic E-state index is 12.5. The SMILES string of the molecule is CC(C)C[C@H](NC(=O)[C@H](CCC(=O)O)NC(=O)[C@@H](N)Cc1c[nH]cn1)C(=O)O. The third kappa shape index (κ3) is 8.16. The number of H-pyrrole nitrogens is 1. The van der Waals surface area contributed by atoms with Gasteiger partial charge in [-0.15, -0.1) is 0 Å². The number of hydrogen-bond acceptors (Lipinski definition) is 6. The van der Waals surface area contributed by atoms with Crippen LogP contribution in [0.1, 0.15) is 38.8 Å². The van der Waals surface area contributed by atoms with Crippen molar-refractivity contribution < 1.29 is 29.4 Å². The van der Waals surface area contributed by atoms with Gasteiger partial charge in [-0.3, -0.25) is 14.4 Å². The standard InChI is InChI=1S/C17H27N5O6/c1-9(2)5-13(17(27)28)22-16(26)12(3-4-14(23)24)21-15(25)11(18)6-10-7-19-8-20-10/h7-9,11-13H,3-6,18H2,1-2H3,(H,19,20)(H,21,25)(H,22,26)(H,23,24)(H,27,28)/t11-,12-,13-/m0/s1. The second kappa shape index (κ2) is 11.0. The van der Waals surface area contributed by atoms with Crippen LogP contribution in [-0.4, -0.2) is 62.1 Å². The van der Waals surface area contributed by atoms with Crippen LogP contribution >= 0.6 is 0 Å². The zero-order chi connectivity index (χ0) is 21.3. The summed E-state index contributed by atoms with van der Waals surface area (Å²) < 4.78 is 0. The molecular weight excluding hydrogens is 370 g/mol. The molecule has 0 fully saturated rings. The lowest BCUT2D eigenvalue weighted by atomic mass is 10.0. The summed E-state index contributed by atoms with van der Waals surface area (Å²) in [6.45, 7) is 3.61. The van der Waals surface area contributed by atoms with E-state index in [1.54, 1.807) is 20.0 Å². The van der Waals surface area contributed by atoms with Crippen molar-refractivity contribution in [1.29, 1.82) is 0 Å². The summed E-state index contributed by atoms with van der Waals surface area (Å²) in [6.07, 6.45) is 2.74. The summed E-state index contributed by atoms with van der Waals surface area (Å²) in [5.41, 5.74) is 6.37. The second-order valence-corrected chi connectivity index (χ2v) is 6.89. The predicted molar refractivity (Wildman–Crippen MR) is 98.1 cm³/mol. The van der Waals surface area contributed by atoms with Gasteiger partial charge >= 0.3 is 11.9 Å². The number of rotatable bonds is 12. The number of imidazole rings is 1. The largest absolute Gasteiger partial charge is 0.481 e. The molecule has 11 heteroatoms. The molecule has 0 aromatic carbocycles. The van der Waals surface area contributed by atoms with Gasteiger partial charge in [-0.1, -0.05) is 13.8 Å². The van der Waals surface area contributed by atoms with E-state index in [2.05, 4.69) is 20.6 Å². The Morgan fingerprint density at radius 3 is 2.29 bits per heavy atom. The van der Waals surface area contributed by atoms with E-state index in [-0.39, 0.29) is 31.6 Å². The molecule has 156 valence electrons. The van der Waals surface area contributed by atoms with Crippen LogP contribution in [0.15, 0.2) is 12.5 Å². The molecule has 0 aliphatic heterocycles. The number of aliphatic carboxylic acids is 2. The normalized spacial score (nSPS) is 14.1. The third-order valence-electron chi connectivity index (χ3n) is 3.92. The number of nitrogens with one attached hydrogen (secondary N) is 3. The molecule has 0 aliphatic carbocycles. The van der Waals surface area contributed by atoms with Gasteiger partial charge in [0.25, 0.3) is 0 Å². The molecule has 7 N–H and O–H groups in total. The molecule has 1 aromatic heterocycles. The van der Waals surface area contributed by atoms with Crippen molar-refractivity contribution in [3.63, 3.8) is 0 Å². The molecule has 28 heavy (non-hydrogen) atoms. The first kappa shape index (κ1) is 23.1. The zero-order valence-corrected chi connectivity index (χ0v) is 15.8. The minimum Gasteiger partial charge on any atom is -0.481 e. The van der Waals surface area contributed by atoms with Crippen molar-refractivity contribution in [2.24, 2.45) is 11.7 Å². The molecule has 3 atom stereocenters. The minimum atomic E-state index is -1.22. The molecule has 1 heterocycles. The number of nitrogens with zero attached hydrogens (tertiary/aromatic N) is 1. The average molecular weight is 397 g/mol. The average Bonchev–Trinajstić information content (AvgIpc) is 3.09. The van der Waals surface area contributed by atoms with E-state index in [9.17, 15) is 24.3 Å². The van der Waals surface area contributed by atoms with Gasteiger partial charge in [0.05, 0.1) is 18.1 Å². The molecule has 1 rings (SSSR count). The fourth-order valence-electron chi connectivity index (χ4n) is 2.50. The van der Waals surface area contributed by atoms with Crippen molar-refractivity contribution in [1.82, 2.24) is 20.6 Å². The number of carboxylic acid groups (broad SMARTS) is 2. The van der Waals surface area contributed by atoms with Gasteiger partial charge in [-0.05, 0) is 18.8 Å². The smallest absolute Gasteiger partial charge is 0.326 e. The Morgan fingerprint density at radius 1 is 1.14 bits per heavy atom. The van der Waals surface area contributed by atoms with Gasteiger partial charge in [-0.2, -0.15) is 0 Å². The molecule has 0 spiro atoms. The van der Waals surface area contributed by atoms with Crippen LogP contribution in [0.5, 0.6) is 0 Å². The quantitative estimate of drug-likeness (QED) is 0.265. The summed E-state index contributed by atoms with van der Waals surface area (Å²) in [5, 5.41) is 22.9. The monoisotopic (exact) mass is 397 g/mol. The van der Waals surface area contributed by atoms with Crippen LogP contribution in [0.25, 0.3) is 0 Å². The van der Waals surface area contributed by atoms with Crippen molar-refractivity contribution in [3.05, 3.63) is 18.2 Å². The molecular formula is C17H27N5O6. The van der Waals surface area contributed by atoms with Crippen LogP contribution in [0.3, 0.4) is 0 Å². The first-order valence-electron chi connectivity index (χ1n) is 8.88. The summed E-state index contributed by atoms with van der Waals surface area (Å²) in [6, 6.07) is -3.37. The first-order valence-corrected chi connectivity index (χ1v) is 8.88. The van der Waals surface area contributed by atoms with Crippen molar-refractivity contribution >= 4 is 23.8 Å². The predicted octanol–water partition coefficient (Wildman–Crippen LogP) is -0.755. The molecule has 0 saturated heterocycles. The van der Waals surface area contributed by atoms with Gasteiger partial charge in [0, 0.05) is 19.0 Å². The Labute approximate surface area is 162 Å². The van der Waals surface area contributed by atoms with E-state index in [0.29, 0.717) is 5.69 Å². The van der Waals surface area contributed by atoms with E-state index in [1.165, 1.54) is 6.33 Å². The van der Waals surface area contributed by atoms with Crippen LogP contribution in [-0.2, 0) is 25.6 Å². The molecule has 0 aliphatic rings. The Hall–Kier alpha value is -2.95. The fraction of sp³-hybridized carbons (Fsp3) is 0.588. The summed E-state index contributed by atoms with van der Waals surface area (Å²) in [7, 11) is 0. The minimum absolute atomic E-state index is 0.00994. The lowest BCUT2D eigenvalue weighted by Crippen LogP contribution is -2.55. The molecule has 2 amide bonds. The maximum absolute atomic E-state index is 12.5. The van der Waals surface area contributed by atoms with Crippen LogP contribution in [0.4, 0.5) is 0 Å². The zero-order valence-electron chi connectivity index (χ0n) is 15.8. The Bertz CT molecular complexity index is 676. The number of nitrogens with two attached hydrogens (primary N) is 1. The van der Waals surface area contributed by atoms with Gasteiger partial charge in [-0.25, -0.2) is 9.78 Å². The molecule has 1 aromatic rings. The van der Waals surface area contributed by atoms with Crippen LogP contribution in [0.2, 0.25) is 0 Å². The van der Waals surface area contributed by atoms with Crippen molar-refractivity contribution in [3.8, 4) is 0 Å². The van der Waals surface area contributed by atoms with Gasteiger partial charge in [0.1, 0.15) is 12.1 Å². The molecule has 0 saturated carbocycles. The number of amides is 2. The van der Waals surface area contributed by atoms with E-state index in [1.807, 2.05) is 0 Å². The number of carbonyl (C=O) groups excluding carboxylic acids is 2. The van der Waals surface area contributed by atoms with Gasteiger partial charge < -0.3 is 31.6 Å². The van der Waals surface area contributed by atoms with Crippen molar-refractivity contribution in [2.75, 3.05) is 0 Å². The second-order valence-electron chi connectivity index (χ2n) is 6.89. The van der Waals surface area contributed by atoms with Crippen LogP contribution in [0, 0.1) is 5.92 Å². The first-order chi connectivity index (χ1) is 13.1. The van der Waals surface area contributed by atoms with E-state index in [4.69, 9.17) is 10.8 Å². The number of carboxylic acids is 2. The Balaban J connectivity index is 2.79. The molecule has 0 unspecified atom stereocenters. The topological polar surface area (TPSA) is 187 Å². The highest BCUT2D eigenvalue weighted by Gasteiger charge is 2.28. The lowest BCUT2D eigenvalue weighted by molar-refractivity contribution is -0.143. The van der Waals surface area contributed by atoms with Gasteiger partial charge in [0.2, 0.25) is 11.8 Å². The third-order valence-corrected chi connectivity index (χ3v) is 3.92. The summed E-state index contributed by atoms with van der Waals surface area (Å²) in [4.78, 5) is 53.7. The number of carbonyl (C=O) groups is 4. The number of hydrogen-bond donors (Lipinski definition) is 6. The molecule has 0 bridgehead atoms. The number of aromatic amines is 1. The summed E-state index contributed by atoms with van der Waals surface area (Å²) in [5.74, 6) is -3.78. The maximum Gasteiger partial charge on any atom is 0.326 e. The highest BCUT2D eigenvalue weighted by atomic mass is 16.4. The molecule has 11 nitrogen and oxygen atoms in total.